The Balaban J connectivity index is 1.48. The molecule has 6 nitrogen and oxygen atoms in total. The maximum Gasteiger partial charge on any atom is 0.252 e. The van der Waals surface area contributed by atoms with Crippen molar-refractivity contribution in [1.29, 1.82) is 0 Å². The maximum absolute atomic E-state index is 12.7. The lowest BCUT2D eigenvalue weighted by Crippen LogP contribution is -2.51. The Kier molecular flexibility index (Phi) is 7.36. The maximum atomic E-state index is 12.7. The Morgan fingerprint density at radius 1 is 1.21 bits per heavy atom. The molecule has 1 N–H and O–H groups in total. The molecule has 0 aromatic carbocycles. The summed E-state index contributed by atoms with van der Waals surface area (Å²) < 4.78 is 0. The number of aromatic nitrogens is 1. The van der Waals surface area contributed by atoms with Crippen LogP contribution in [0.25, 0.3) is 0 Å². The van der Waals surface area contributed by atoms with E-state index in [4.69, 9.17) is 0 Å². The highest BCUT2D eigenvalue weighted by atomic mass is 32.2. The third-order valence-corrected chi connectivity index (χ3v) is 6.74. The molecule has 2 unspecified atom stereocenters. The van der Waals surface area contributed by atoms with Crippen LogP contribution >= 0.6 is 11.8 Å². The van der Waals surface area contributed by atoms with Crippen LogP contribution in [0.4, 0.5) is 5.82 Å². The number of piperazine rings is 1. The molecule has 0 bridgehead atoms. The molecular weight excluding hydrogens is 372 g/mol. The second-order valence-electron chi connectivity index (χ2n) is 7.47. The summed E-state index contributed by atoms with van der Waals surface area (Å²) in [6.07, 6.45) is 7.05. The van der Waals surface area contributed by atoms with Crippen molar-refractivity contribution in [2.75, 3.05) is 37.6 Å². The molecule has 7 heteroatoms. The summed E-state index contributed by atoms with van der Waals surface area (Å²) in [6, 6.07) is 3.74. The van der Waals surface area contributed by atoms with Crippen LogP contribution in [0, 0.1) is 5.92 Å². The van der Waals surface area contributed by atoms with Crippen molar-refractivity contribution in [3.8, 4) is 0 Å². The van der Waals surface area contributed by atoms with Crippen molar-refractivity contribution in [3.63, 3.8) is 0 Å². The van der Waals surface area contributed by atoms with Gasteiger partial charge in [-0.05, 0) is 29.9 Å². The van der Waals surface area contributed by atoms with Crippen molar-refractivity contribution in [1.82, 2.24) is 15.2 Å². The zero-order valence-corrected chi connectivity index (χ0v) is 17.7. The van der Waals surface area contributed by atoms with Crippen LogP contribution in [0.2, 0.25) is 0 Å². The van der Waals surface area contributed by atoms with Crippen LogP contribution in [0.1, 0.15) is 43.5 Å². The number of hydrogen-bond donors (Lipinski definition) is 2. The molecule has 0 saturated carbocycles. The number of pyridine rings is 1. The highest BCUT2D eigenvalue weighted by molar-refractivity contribution is 8.03. The number of allylic oxidation sites excluding steroid dienone is 1. The first-order chi connectivity index (χ1) is 13.6. The van der Waals surface area contributed by atoms with Crippen LogP contribution < -0.4 is 10.2 Å². The van der Waals surface area contributed by atoms with Crippen molar-refractivity contribution in [2.24, 2.45) is 5.92 Å². The first-order valence-corrected chi connectivity index (χ1v) is 11.3. The summed E-state index contributed by atoms with van der Waals surface area (Å²) >= 11 is 1.12. The Morgan fingerprint density at radius 3 is 2.61 bits per heavy atom. The number of carbonyl (C=O) groups is 2. The summed E-state index contributed by atoms with van der Waals surface area (Å²) in [5.74, 6) is 1.39. The second-order valence-corrected chi connectivity index (χ2v) is 8.63. The third kappa shape index (κ3) is 5.07. The van der Waals surface area contributed by atoms with Crippen LogP contribution in [0.5, 0.6) is 0 Å². The van der Waals surface area contributed by atoms with Gasteiger partial charge in [-0.15, -0.1) is 0 Å². The standard InChI is InChI=1S/C21H31N4O2S/c1-3-4-5-9-22-20(26)17-6-7-18(23-15-17)24-10-12-25(13-11-24)21(27)19-16(2)8-14-28-19/h6-8,14-16,19,28H,3-5,9-13H2,1-2H3,(H,22,26). The fraction of sp³-hybridized carbons (Fsp3) is 0.571. The molecule has 1 radical (unpaired) electrons. The third-order valence-electron chi connectivity index (χ3n) is 5.38. The molecule has 28 heavy (non-hydrogen) atoms. The van der Waals surface area contributed by atoms with Gasteiger partial charge in [0, 0.05) is 38.9 Å². The molecule has 1 aromatic heterocycles. The number of carbonyl (C=O) groups excluding carboxylic acids is 2. The lowest BCUT2D eigenvalue weighted by atomic mass is 10.1. The Morgan fingerprint density at radius 2 is 2.00 bits per heavy atom. The topological polar surface area (TPSA) is 65.5 Å². The summed E-state index contributed by atoms with van der Waals surface area (Å²) in [5.41, 5.74) is 0.593. The van der Waals surface area contributed by atoms with E-state index in [0.29, 0.717) is 18.0 Å². The van der Waals surface area contributed by atoms with E-state index in [-0.39, 0.29) is 17.1 Å². The van der Waals surface area contributed by atoms with Crippen molar-refractivity contribution in [2.45, 2.75) is 38.4 Å². The van der Waals surface area contributed by atoms with Crippen LogP contribution in [0.15, 0.2) is 29.8 Å². The summed E-state index contributed by atoms with van der Waals surface area (Å²) in [6.45, 7) is 7.95. The molecule has 1 fully saturated rings. The van der Waals surface area contributed by atoms with E-state index in [1.54, 1.807) is 6.20 Å². The smallest absolute Gasteiger partial charge is 0.252 e. The Labute approximate surface area is 171 Å². The first-order valence-electron chi connectivity index (χ1n) is 10.2. The molecule has 0 spiro atoms. The molecule has 153 valence electrons. The molecule has 2 aliphatic rings. The van der Waals surface area contributed by atoms with E-state index >= 15 is 0 Å². The van der Waals surface area contributed by atoms with E-state index in [2.05, 4.69) is 40.5 Å². The predicted octanol–water partition coefficient (Wildman–Crippen LogP) is 2.65. The number of hydrogen-bond acceptors (Lipinski definition) is 4. The van der Waals surface area contributed by atoms with Crippen molar-refractivity contribution < 1.29 is 9.59 Å². The lowest BCUT2D eigenvalue weighted by Gasteiger charge is -2.37. The fourth-order valence-corrected chi connectivity index (χ4v) is 4.76. The molecule has 3 rings (SSSR count). The molecule has 3 heterocycles. The van der Waals surface area contributed by atoms with Gasteiger partial charge in [0.25, 0.3) is 5.91 Å². The van der Waals surface area contributed by atoms with Crippen molar-refractivity contribution >= 4 is 29.4 Å². The number of anilines is 1. The summed E-state index contributed by atoms with van der Waals surface area (Å²) in [5, 5.41) is 5.11. The van der Waals surface area contributed by atoms with Gasteiger partial charge in [-0.2, -0.15) is 11.8 Å². The minimum atomic E-state index is -0.0657. The molecule has 0 aliphatic carbocycles. The quantitative estimate of drug-likeness (QED) is 0.543. The van der Waals surface area contributed by atoms with Crippen LogP contribution in [-0.2, 0) is 4.79 Å². The van der Waals surface area contributed by atoms with Gasteiger partial charge in [0.2, 0.25) is 5.91 Å². The predicted molar refractivity (Wildman–Crippen MR) is 116 cm³/mol. The van der Waals surface area contributed by atoms with Crippen LogP contribution in [-0.4, -0.2) is 59.7 Å². The number of amides is 2. The minimum Gasteiger partial charge on any atom is -0.353 e. The highest BCUT2D eigenvalue weighted by Crippen LogP contribution is 2.31. The van der Waals surface area contributed by atoms with E-state index in [1.165, 1.54) is 0 Å². The summed E-state index contributed by atoms with van der Waals surface area (Å²) in [7, 11) is 0. The first kappa shape index (κ1) is 20.7. The van der Waals surface area contributed by atoms with Gasteiger partial charge < -0.3 is 15.1 Å². The van der Waals surface area contributed by atoms with Gasteiger partial charge in [0.05, 0.1) is 10.8 Å². The van der Waals surface area contributed by atoms with Gasteiger partial charge in [-0.25, -0.2) is 4.98 Å². The normalized spacial score (nSPS) is 21.8. The van der Waals surface area contributed by atoms with Crippen molar-refractivity contribution in [3.05, 3.63) is 35.4 Å². The minimum absolute atomic E-state index is 0.0657. The monoisotopic (exact) mass is 403 g/mol. The summed E-state index contributed by atoms with van der Waals surface area (Å²) in [4.78, 5) is 33.5. The van der Waals surface area contributed by atoms with Gasteiger partial charge in [-0.3, -0.25) is 9.59 Å². The van der Waals surface area contributed by atoms with E-state index in [0.717, 1.165) is 63.0 Å². The van der Waals surface area contributed by atoms with Gasteiger partial charge in [0.15, 0.2) is 0 Å². The number of rotatable bonds is 7. The number of unbranched alkanes of at least 4 members (excludes halogenated alkanes) is 2. The molecule has 2 aliphatic heterocycles. The second kappa shape index (κ2) is 9.96. The molecular formula is C21H31N4O2S. The fourth-order valence-electron chi connectivity index (χ4n) is 3.54. The van der Waals surface area contributed by atoms with Gasteiger partial charge in [-0.1, -0.05) is 32.8 Å². The molecule has 2 amide bonds. The number of nitrogens with zero attached hydrogens (tertiary/aromatic N) is 3. The van der Waals surface area contributed by atoms with E-state index in [9.17, 15) is 9.59 Å². The average molecular weight is 404 g/mol. The molecule has 1 aromatic rings. The zero-order chi connectivity index (χ0) is 19.9. The van der Waals surface area contributed by atoms with E-state index in [1.807, 2.05) is 17.0 Å². The van der Waals surface area contributed by atoms with E-state index < -0.39 is 0 Å². The van der Waals surface area contributed by atoms with Gasteiger partial charge in [0.1, 0.15) is 5.82 Å². The Hall–Kier alpha value is -2.02. The number of nitrogens with one attached hydrogen (secondary N) is 1. The average Bonchev–Trinajstić information content (AvgIpc) is 3.16. The largest absolute Gasteiger partial charge is 0.353 e. The number of thiol groups is 1. The lowest BCUT2D eigenvalue weighted by molar-refractivity contribution is -0.131. The molecule has 2 atom stereocenters. The highest BCUT2D eigenvalue weighted by Gasteiger charge is 2.31. The van der Waals surface area contributed by atoms with Crippen LogP contribution in [0.3, 0.4) is 0 Å². The Bertz CT molecular complexity index is 699. The zero-order valence-electron chi connectivity index (χ0n) is 16.8. The SMILES string of the molecule is CCCCCNC(=O)c1ccc(N2CCN(C(=O)C3[SH]C=CC3C)CC2)nc1. The van der Waals surface area contributed by atoms with Gasteiger partial charge >= 0.3 is 0 Å². The molecule has 1 saturated heterocycles.